The topological polar surface area (TPSA) is 35.2 Å². The van der Waals surface area contributed by atoms with Crippen molar-refractivity contribution in [3.8, 4) is 5.75 Å². The first-order valence-electron chi connectivity index (χ1n) is 7.20. The van der Waals surface area contributed by atoms with Gasteiger partial charge in [0.05, 0.1) is 7.11 Å². The molecule has 1 rings (SSSR count). The molecule has 0 saturated heterocycles. The second-order valence-electron chi connectivity index (χ2n) is 5.16. The Morgan fingerprint density at radius 2 is 1.84 bits per heavy atom. The van der Waals surface area contributed by atoms with Gasteiger partial charge in [-0.15, -0.1) is 0 Å². The van der Waals surface area contributed by atoms with Crippen molar-refractivity contribution in [3.63, 3.8) is 0 Å². The molecule has 0 spiro atoms. The summed E-state index contributed by atoms with van der Waals surface area (Å²) in [5, 5.41) is 0. The van der Waals surface area contributed by atoms with Gasteiger partial charge in [0.15, 0.2) is 0 Å². The van der Waals surface area contributed by atoms with Crippen LogP contribution >= 0.6 is 15.9 Å². The van der Waals surface area contributed by atoms with Crippen LogP contribution in [0.1, 0.15) is 45.1 Å². The minimum Gasteiger partial charge on any atom is -0.497 e. The fraction of sp³-hybridized carbons (Fsp3) is 0.625. The number of hydrogen-bond acceptors (Lipinski definition) is 2. The van der Waals surface area contributed by atoms with Gasteiger partial charge in [0, 0.05) is 10.5 Å². The highest BCUT2D eigenvalue weighted by Crippen LogP contribution is 2.26. The Morgan fingerprint density at radius 1 is 1.21 bits per heavy atom. The van der Waals surface area contributed by atoms with Gasteiger partial charge in [-0.3, -0.25) is 0 Å². The van der Waals surface area contributed by atoms with E-state index in [-0.39, 0.29) is 6.04 Å². The normalized spacial score (nSPS) is 12.7. The van der Waals surface area contributed by atoms with E-state index in [0.29, 0.717) is 5.92 Å². The molecule has 3 heteroatoms. The van der Waals surface area contributed by atoms with Crippen molar-refractivity contribution in [1.82, 2.24) is 0 Å². The monoisotopic (exact) mass is 327 g/mol. The second kappa shape index (κ2) is 8.60. The summed E-state index contributed by atoms with van der Waals surface area (Å²) < 4.78 is 6.41. The molecule has 0 aliphatic heterocycles. The molecule has 1 aromatic rings. The van der Waals surface area contributed by atoms with Crippen molar-refractivity contribution in [1.29, 1.82) is 0 Å². The van der Waals surface area contributed by atoms with Gasteiger partial charge >= 0.3 is 0 Å². The van der Waals surface area contributed by atoms with Crippen molar-refractivity contribution >= 4 is 15.9 Å². The summed E-state index contributed by atoms with van der Waals surface area (Å²) in [5.41, 5.74) is 7.66. The van der Waals surface area contributed by atoms with Crippen LogP contribution in [0.5, 0.6) is 5.75 Å². The quantitative estimate of drug-likeness (QED) is 0.760. The molecule has 0 saturated carbocycles. The van der Waals surface area contributed by atoms with Gasteiger partial charge in [-0.25, -0.2) is 0 Å². The number of nitrogens with two attached hydrogens (primary N) is 1. The molecule has 0 fully saturated rings. The lowest BCUT2D eigenvalue weighted by atomic mass is 9.87. The molecule has 1 atom stereocenters. The summed E-state index contributed by atoms with van der Waals surface area (Å²) in [6, 6.07) is 6.31. The van der Waals surface area contributed by atoms with Crippen molar-refractivity contribution in [3.05, 3.63) is 28.2 Å². The summed E-state index contributed by atoms with van der Waals surface area (Å²) in [6.45, 7) is 4.47. The van der Waals surface area contributed by atoms with Gasteiger partial charge < -0.3 is 10.5 Å². The van der Waals surface area contributed by atoms with Crippen LogP contribution in [0.3, 0.4) is 0 Å². The van der Waals surface area contributed by atoms with Crippen molar-refractivity contribution in [2.24, 2.45) is 11.7 Å². The van der Waals surface area contributed by atoms with E-state index in [1.165, 1.54) is 31.2 Å². The Kier molecular flexibility index (Phi) is 7.47. The van der Waals surface area contributed by atoms with Crippen molar-refractivity contribution < 1.29 is 4.74 Å². The van der Waals surface area contributed by atoms with E-state index >= 15 is 0 Å². The number of halogens is 1. The highest BCUT2D eigenvalue weighted by Gasteiger charge is 2.18. The molecule has 1 unspecified atom stereocenters. The van der Waals surface area contributed by atoms with Crippen LogP contribution in [-0.2, 0) is 6.42 Å². The Bertz CT molecular complexity index is 375. The van der Waals surface area contributed by atoms with Gasteiger partial charge in [0.2, 0.25) is 0 Å². The van der Waals surface area contributed by atoms with Crippen LogP contribution < -0.4 is 10.5 Å². The molecule has 0 amide bonds. The summed E-state index contributed by atoms with van der Waals surface area (Å²) in [5.74, 6) is 1.51. The molecule has 0 bridgehead atoms. The van der Waals surface area contributed by atoms with Crippen molar-refractivity contribution in [2.45, 2.75) is 52.0 Å². The molecule has 1 aromatic carbocycles. The first kappa shape index (κ1) is 16.5. The molecule has 0 aliphatic carbocycles. The molecule has 0 radical (unpaired) electrons. The van der Waals surface area contributed by atoms with E-state index in [1.807, 2.05) is 12.1 Å². The Labute approximate surface area is 125 Å². The number of benzene rings is 1. The van der Waals surface area contributed by atoms with Crippen LogP contribution in [0.25, 0.3) is 0 Å². The second-order valence-corrected chi connectivity index (χ2v) is 6.02. The SMILES string of the molecule is CCCC(CCC)C(N)Cc1cc(OC)ccc1Br. The Morgan fingerprint density at radius 3 is 2.37 bits per heavy atom. The summed E-state index contributed by atoms with van der Waals surface area (Å²) in [6.07, 6.45) is 5.75. The van der Waals surface area contributed by atoms with Crippen LogP contribution in [0.4, 0.5) is 0 Å². The zero-order valence-corrected chi connectivity index (χ0v) is 13.9. The molecule has 0 heterocycles. The van der Waals surface area contributed by atoms with Gasteiger partial charge in [0.25, 0.3) is 0 Å². The molecular weight excluding hydrogens is 302 g/mol. The largest absolute Gasteiger partial charge is 0.497 e. The van der Waals surface area contributed by atoms with E-state index < -0.39 is 0 Å². The van der Waals surface area contributed by atoms with Crippen molar-refractivity contribution in [2.75, 3.05) is 7.11 Å². The average Bonchev–Trinajstić information content (AvgIpc) is 2.41. The maximum atomic E-state index is 6.42. The fourth-order valence-electron chi connectivity index (χ4n) is 2.57. The van der Waals surface area contributed by atoms with Gasteiger partial charge in [-0.05, 0) is 48.9 Å². The average molecular weight is 328 g/mol. The number of ether oxygens (including phenoxy) is 1. The van der Waals surface area contributed by atoms with E-state index in [0.717, 1.165) is 16.6 Å². The smallest absolute Gasteiger partial charge is 0.119 e. The van der Waals surface area contributed by atoms with Crippen LogP contribution in [0, 0.1) is 5.92 Å². The highest BCUT2D eigenvalue weighted by atomic mass is 79.9. The first-order chi connectivity index (χ1) is 9.12. The van der Waals surface area contributed by atoms with Gasteiger partial charge in [0.1, 0.15) is 5.75 Å². The van der Waals surface area contributed by atoms with Crippen LogP contribution in [-0.4, -0.2) is 13.2 Å². The standard InChI is InChI=1S/C16H26BrNO/c1-4-6-12(7-5-2)16(18)11-13-10-14(19-3)8-9-15(13)17/h8-10,12,16H,4-7,11,18H2,1-3H3. The molecule has 2 nitrogen and oxygen atoms in total. The zero-order valence-electron chi connectivity index (χ0n) is 12.3. The summed E-state index contributed by atoms with van der Waals surface area (Å²) in [4.78, 5) is 0. The van der Waals surface area contributed by atoms with Crippen LogP contribution in [0.15, 0.2) is 22.7 Å². The molecule has 0 aliphatic rings. The van der Waals surface area contributed by atoms with Crippen LogP contribution in [0.2, 0.25) is 0 Å². The third kappa shape index (κ3) is 5.15. The van der Waals surface area contributed by atoms with Gasteiger partial charge in [-0.1, -0.05) is 42.6 Å². The third-order valence-corrected chi connectivity index (χ3v) is 4.41. The molecule has 108 valence electrons. The third-order valence-electron chi connectivity index (χ3n) is 3.63. The minimum atomic E-state index is 0.225. The highest BCUT2D eigenvalue weighted by molar-refractivity contribution is 9.10. The predicted octanol–water partition coefficient (Wildman–Crippen LogP) is 4.54. The van der Waals surface area contributed by atoms with E-state index in [9.17, 15) is 0 Å². The Balaban J connectivity index is 2.75. The molecule has 0 aromatic heterocycles. The predicted molar refractivity (Wildman–Crippen MR) is 85.7 cm³/mol. The van der Waals surface area contributed by atoms with E-state index in [1.54, 1.807) is 7.11 Å². The first-order valence-corrected chi connectivity index (χ1v) is 7.99. The number of rotatable bonds is 8. The molecule has 2 N–H and O–H groups in total. The molecular formula is C16H26BrNO. The maximum Gasteiger partial charge on any atom is 0.119 e. The number of hydrogen-bond donors (Lipinski definition) is 1. The maximum absolute atomic E-state index is 6.42. The minimum absolute atomic E-state index is 0.225. The van der Waals surface area contributed by atoms with E-state index in [2.05, 4.69) is 35.8 Å². The van der Waals surface area contributed by atoms with Gasteiger partial charge in [-0.2, -0.15) is 0 Å². The lowest BCUT2D eigenvalue weighted by Gasteiger charge is -2.24. The summed E-state index contributed by atoms with van der Waals surface area (Å²) >= 11 is 3.60. The lowest BCUT2D eigenvalue weighted by molar-refractivity contribution is 0.359. The number of methoxy groups -OCH3 is 1. The summed E-state index contributed by atoms with van der Waals surface area (Å²) in [7, 11) is 1.70. The fourth-order valence-corrected chi connectivity index (χ4v) is 2.98. The zero-order chi connectivity index (χ0) is 14.3. The van der Waals surface area contributed by atoms with E-state index in [4.69, 9.17) is 10.5 Å². The Hall–Kier alpha value is -0.540. The molecule has 19 heavy (non-hydrogen) atoms. The lowest BCUT2D eigenvalue weighted by Crippen LogP contribution is -2.32.